The van der Waals surface area contributed by atoms with Crippen molar-refractivity contribution in [2.24, 2.45) is 0 Å². The second-order valence-corrected chi connectivity index (χ2v) is 5.11. The molecule has 3 nitrogen and oxygen atoms in total. The number of ether oxygens (including phenoxy) is 1. The lowest BCUT2D eigenvalue weighted by Crippen LogP contribution is -2.01. The Balaban J connectivity index is 2.50. The van der Waals surface area contributed by atoms with E-state index in [4.69, 9.17) is 4.74 Å². The van der Waals surface area contributed by atoms with Gasteiger partial charge in [-0.25, -0.2) is 4.79 Å². The van der Waals surface area contributed by atoms with E-state index in [2.05, 4.69) is 6.07 Å². The number of carbonyl (C=O) groups is 1. The van der Waals surface area contributed by atoms with E-state index in [1.807, 2.05) is 33.8 Å². The number of aromatic carboxylic acids is 1. The summed E-state index contributed by atoms with van der Waals surface area (Å²) in [6, 6.07) is 9.10. The highest BCUT2D eigenvalue weighted by Crippen LogP contribution is 2.31. The lowest BCUT2D eigenvalue weighted by atomic mass is 10.1. The van der Waals surface area contributed by atoms with E-state index in [9.17, 15) is 9.90 Å². The van der Waals surface area contributed by atoms with Gasteiger partial charge in [0.15, 0.2) is 0 Å². The van der Waals surface area contributed by atoms with Crippen molar-refractivity contribution in [1.29, 1.82) is 0 Å². The molecule has 0 radical (unpaired) electrons. The molecule has 0 saturated heterocycles. The average molecular weight is 270 g/mol. The molecule has 2 aromatic carbocycles. The Bertz CT molecular complexity index is 672. The highest BCUT2D eigenvalue weighted by molar-refractivity contribution is 5.91. The van der Waals surface area contributed by atoms with Crippen molar-refractivity contribution in [3.63, 3.8) is 0 Å². The fraction of sp³-hybridized carbons (Fsp3) is 0.235. The van der Waals surface area contributed by atoms with Crippen molar-refractivity contribution in [1.82, 2.24) is 0 Å². The first-order valence-corrected chi connectivity index (χ1v) is 6.48. The maximum atomic E-state index is 11.3. The van der Waals surface area contributed by atoms with Crippen molar-refractivity contribution in [2.75, 3.05) is 0 Å². The summed E-state index contributed by atoms with van der Waals surface area (Å²) in [7, 11) is 0. The van der Waals surface area contributed by atoms with Gasteiger partial charge in [0.2, 0.25) is 0 Å². The Morgan fingerprint density at radius 1 is 0.950 bits per heavy atom. The van der Waals surface area contributed by atoms with Gasteiger partial charge in [0.25, 0.3) is 0 Å². The summed E-state index contributed by atoms with van der Waals surface area (Å²) >= 11 is 0. The third kappa shape index (κ3) is 2.82. The third-order valence-corrected chi connectivity index (χ3v) is 3.35. The summed E-state index contributed by atoms with van der Waals surface area (Å²) in [6.07, 6.45) is 0. The monoisotopic (exact) mass is 270 g/mol. The van der Waals surface area contributed by atoms with Gasteiger partial charge in [0.05, 0.1) is 0 Å². The summed E-state index contributed by atoms with van der Waals surface area (Å²) in [5.74, 6) is 0.100. The van der Waals surface area contributed by atoms with Gasteiger partial charge in [0, 0.05) is 0 Å². The molecular weight excluding hydrogens is 252 g/mol. The fourth-order valence-electron chi connectivity index (χ4n) is 2.12. The lowest BCUT2D eigenvalue weighted by Gasteiger charge is -2.14. The molecule has 0 saturated carbocycles. The molecule has 0 spiro atoms. The van der Waals surface area contributed by atoms with Crippen molar-refractivity contribution in [3.05, 3.63) is 58.1 Å². The SMILES string of the molecule is Cc1ccc(C(=O)O)c(Oc2cc(C)cc(C)c2C)c1. The molecule has 0 bridgehead atoms. The van der Waals surface area contributed by atoms with Gasteiger partial charge >= 0.3 is 5.97 Å². The van der Waals surface area contributed by atoms with Crippen molar-refractivity contribution in [3.8, 4) is 11.5 Å². The van der Waals surface area contributed by atoms with Crippen LogP contribution in [0, 0.1) is 27.7 Å². The molecule has 0 aliphatic heterocycles. The first-order valence-electron chi connectivity index (χ1n) is 6.48. The summed E-state index contributed by atoms with van der Waals surface area (Å²) in [5, 5.41) is 9.23. The maximum Gasteiger partial charge on any atom is 0.339 e. The van der Waals surface area contributed by atoms with Gasteiger partial charge in [-0.3, -0.25) is 0 Å². The lowest BCUT2D eigenvalue weighted by molar-refractivity contribution is 0.0694. The molecule has 0 aliphatic carbocycles. The van der Waals surface area contributed by atoms with Gasteiger partial charge in [0.1, 0.15) is 17.1 Å². The Labute approximate surface area is 118 Å². The molecule has 2 aromatic rings. The van der Waals surface area contributed by atoms with Crippen LogP contribution in [-0.4, -0.2) is 11.1 Å². The smallest absolute Gasteiger partial charge is 0.339 e. The molecule has 0 aliphatic rings. The summed E-state index contributed by atoms with van der Waals surface area (Å²) in [5.41, 5.74) is 4.38. The zero-order chi connectivity index (χ0) is 14.9. The Kier molecular flexibility index (Phi) is 3.79. The first-order chi connectivity index (χ1) is 9.38. The molecule has 0 fully saturated rings. The van der Waals surface area contributed by atoms with Crippen LogP contribution in [-0.2, 0) is 0 Å². The van der Waals surface area contributed by atoms with Gasteiger partial charge in [-0.2, -0.15) is 0 Å². The Hall–Kier alpha value is -2.29. The zero-order valence-corrected chi connectivity index (χ0v) is 12.2. The van der Waals surface area contributed by atoms with Crippen LogP contribution in [0.5, 0.6) is 11.5 Å². The van der Waals surface area contributed by atoms with Crippen LogP contribution in [0.1, 0.15) is 32.6 Å². The van der Waals surface area contributed by atoms with Crippen molar-refractivity contribution >= 4 is 5.97 Å². The van der Waals surface area contributed by atoms with Crippen LogP contribution in [0.2, 0.25) is 0 Å². The molecule has 1 N–H and O–H groups in total. The minimum absolute atomic E-state index is 0.175. The highest BCUT2D eigenvalue weighted by atomic mass is 16.5. The molecule has 0 unspecified atom stereocenters. The minimum Gasteiger partial charge on any atom is -0.478 e. The van der Waals surface area contributed by atoms with Crippen LogP contribution >= 0.6 is 0 Å². The minimum atomic E-state index is -0.984. The molecule has 20 heavy (non-hydrogen) atoms. The predicted octanol–water partition coefficient (Wildman–Crippen LogP) is 4.41. The standard InChI is InChI=1S/C17H18O3/c1-10-5-6-14(17(18)19)16(8-10)20-15-9-11(2)7-12(3)13(15)4/h5-9H,1-4H3,(H,18,19). The van der Waals surface area contributed by atoms with E-state index in [1.165, 1.54) is 0 Å². The van der Waals surface area contributed by atoms with Crippen LogP contribution in [0.4, 0.5) is 0 Å². The molecule has 2 rings (SSSR count). The average Bonchev–Trinajstić information content (AvgIpc) is 2.35. The first kappa shape index (κ1) is 14.1. The van der Waals surface area contributed by atoms with E-state index in [1.54, 1.807) is 18.2 Å². The fourth-order valence-corrected chi connectivity index (χ4v) is 2.12. The maximum absolute atomic E-state index is 11.3. The van der Waals surface area contributed by atoms with Crippen LogP contribution in [0.3, 0.4) is 0 Å². The number of aryl methyl sites for hydroxylation is 3. The Morgan fingerprint density at radius 2 is 1.60 bits per heavy atom. The van der Waals surface area contributed by atoms with Gasteiger partial charge in [-0.15, -0.1) is 0 Å². The summed E-state index contributed by atoms with van der Waals surface area (Å²) < 4.78 is 5.86. The molecule has 3 heteroatoms. The number of rotatable bonds is 3. The number of carboxylic acid groups (broad SMARTS) is 1. The van der Waals surface area contributed by atoms with E-state index < -0.39 is 5.97 Å². The van der Waals surface area contributed by atoms with E-state index in [0.29, 0.717) is 11.5 Å². The van der Waals surface area contributed by atoms with E-state index in [0.717, 1.165) is 22.3 Å². The summed E-state index contributed by atoms with van der Waals surface area (Å²) in [4.78, 5) is 11.3. The second-order valence-electron chi connectivity index (χ2n) is 5.11. The molecule has 0 aromatic heterocycles. The normalized spacial score (nSPS) is 10.4. The molecular formula is C17H18O3. The van der Waals surface area contributed by atoms with Gasteiger partial charge in [-0.05, 0) is 68.1 Å². The van der Waals surface area contributed by atoms with Crippen molar-refractivity contribution in [2.45, 2.75) is 27.7 Å². The molecule has 0 amide bonds. The van der Waals surface area contributed by atoms with Crippen molar-refractivity contribution < 1.29 is 14.6 Å². The predicted molar refractivity (Wildman–Crippen MR) is 78.9 cm³/mol. The Morgan fingerprint density at radius 3 is 2.25 bits per heavy atom. The highest BCUT2D eigenvalue weighted by Gasteiger charge is 2.14. The van der Waals surface area contributed by atoms with Crippen LogP contribution in [0.25, 0.3) is 0 Å². The number of hydrogen-bond acceptors (Lipinski definition) is 2. The van der Waals surface area contributed by atoms with Crippen LogP contribution in [0.15, 0.2) is 30.3 Å². The zero-order valence-electron chi connectivity index (χ0n) is 12.2. The van der Waals surface area contributed by atoms with Gasteiger partial charge < -0.3 is 9.84 Å². The number of benzene rings is 2. The second kappa shape index (κ2) is 5.37. The molecule has 0 atom stereocenters. The largest absolute Gasteiger partial charge is 0.478 e. The van der Waals surface area contributed by atoms with Gasteiger partial charge in [-0.1, -0.05) is 12.1 Å². The third-order valence-electron chi connectivity index (χ3n) is 3.35. The molecule has 104 valence electrons. The quantitative estimate of drug-likeness (QED) is 0.898. The summed E-state index contributed by atoms with van der Waals surface area (Å²) in [6.45, 7) is 7.89. The number of hydrogen-bond donors (Lipinski definition) is 1. The topological polar surface area (TPSA) is 46.5 Å². The molecule has 0 heterocycles. The van der Waals surface area contributed by atoms with E-state index in [-0.39, 0.29) is 5.56 Å². The number of carboxylic acids is 1. The van der Waals surface area contributed by atoms with E-state index >= 15 is 0 Å². The van der Waals surface area contributed by atoms with Crippen LogP contribution < -0.4 is 4.74 Å².